The standard InChI is InChI=1S/C22H21FO2/c1-22(16-4-10-19(23)11-5-16,17-6-12-20(24-2)13-7-17)18-8-14-21(25-3)15-9-18/h4-15H,1-3H3. The van der Waals surface area contributed by atoms with Gasteiger partial charge >= 0.3 is 0 Å². The lowest BCUT2D eigenvalue weighted by atomic mass is 9.71. The third-order valence-corrected chi connectivity index (χ3v) is 4.76. The number of rotatable bonds is 5. The van der Waals surface area contributed by atoms with Crippen molar-refractivity contribution in [2.24, 2.45) is 0 Å². The summed E-state index contributed by atoms with van der Waals surface area (Å²) >= 11 is 0. The SMILES string of the molecule is COc1ccc(C(C)(c2ccc(F)cc2)c2ccc(OC)cc2)cc1. The number of hydrogen-bond donors (Lipinski definition) is 0. The van der Waals surface area contributed by atoms with Crippen LogP contribution in [0.3, 0.4) is 0 Å². The zero-order valence-corrected chi connectivity index (χ0v) is 14.6. The molecule has 0 saturated heterocycles. The third kappa shape index (κ3) is 3.22. The van der Waals surface area contributed by atoms with Crippen molar-refractivity contribution in [3.8, 4) is 11.5 Å². The van der Waals surface area contributed by atoms with E-state index in [1.807, 2.05) is 60.7 Å². The summed E-state index contributed by atoms with van der Waals surface area (Å²) in [6, 6.07) is 22.6. The molecule has 2 nitrogen and oxygen atoms in total. The molecule has 0 fully saturated rings. The first-order chi connectivity index (χ1) is 12.1. The summed E-state index contributed by atoms with van der Waals surface area (Å²) in [4.78, 5) is 0. The maximum atomic E-state index is 13.4. The van der Waals surface area contributed by atoms with Crippen LogP contribution >= 0.6 is 0 Å². The number of methoxy groups -OCH3 is 2. The minimum absolute atomic E-state index is 0.240. The first kappa shape index (κ1) is 17.0. The summed E-state index contributed by atoms with van der Waals surface area (Å²) in [5.74, 6) is 1.37. The average Bonchev–Trinajstić information content (AvgIpc) is 2.68. The molecule has 0 amide bonds. The summed E-state index contributed by atoms with van der Waals surface area (Å²) in [6.45, 7) is 2.14. The monoisotopic (exact) mass is 336 g/mol. The van der Waals surface area contributed by atoms with Crippen molar-refractivity contribution in [2.45, 2.75) is 12.3 Å². The second-order valence-electron chi connectivity index (χ2n) is 6.09. The lowest BCUT2D eigenvalue weighted by Crippen LogP contribution is -2.25. The first-order valence-electron chi connectivity index (χ1n) is 8.13. The molecule has 0 aliphatic carbocycles. The van der Waals surface area contributed by atoms with Gasteiger partial charge in [0.15, 0.2) is 0 Å². The van der Waals surface area contributed by atoms with Crippen molar-refractivity contribution >= 4 is 0 Å². The highest BCUT2D eigenvalue weighted by Crippen LogP contribution is 2.39. The average molecular weight is 336 g/mol. The molecule has 3 rings (SSSR count). The van der Waals surface area contributed by atoms with Crippen LogP contribution in [-0.2, 0) is 5.41 Å². The fraction of sp³-hybridized carbons (Fsp3) is 0.182. The van der Waals surface area contributed by atoms with Gasteiger partial charge in [-0.2, -0.15) is 0 Å². The molecule has 3 heteroatoms. The Morgan fingerprint density at radius 3 is 1.24 bits per heavy atom. The van der Waals surface area contributed by atoms with E-state index in [1.54, 1.807) is 14.2 Å². The van der Waals surface area contributed by atoms with Gasteiger partial charge in [0, 0.05) is 5.41 Å². The number of ether oxygens (including phenoxy) is 2. The van der Waals surface area contributed by atoms with Gasteiger partial charge in [-0.15, -0.1) is 0 Å². The predicted octanol–water partition coefficient (Wildman–Crippen LogP) is 5.20. The molecule has 0 radical (unpaired) electrons. The molecule has 0 N–H and O–H groups in total. The van der Waals surface area contributed by atoms with Crippen molar-refractivity contribution < 1.29 is 13.9 Å². The van der Waals surface area contributed by atoms with Crippen molar-refractivity contribution in [3.63, 3.8) is 0 Å². The molecule has 0 atom stereocenters. The Morgan fingerprint density at radius 2 is 0.920 bits per heavy atom. The fourth-order valence-corrected chi connectivity index (χ4v) is 3.13. The van der Waals surface area contributed by atoms with E-state index >= 15 is 0 Å². The molecule has 0 aromatic heterocycles. The Kier molecular flexibility index (Phi) is 4.75. The van der Waals surface area contributed by atoms with Crippen LogP contribution in [0.4, 0.5) is 4.39 Å². The van der Waals surface area contributed by atoms with Crippen LogP contribution < -0.4 is 9.47 Å². The first-order valence-corrected chi connectivity index (χ1v) is 8.13. The van der Waals surface area contributed by atoms with E-state index in [4.69, 9.17) is 9.47 Å². The van der Waals surface area contributed by atoms with Gasteiger partial charge in [-0.3, -0.25) is 0 Å². The Labute approximate surface area is 147 Å². The number of halogens is 1. The van der Waals surface area contributed by atoms with Crippen molar-refractivity contribution in [1.82, 2.24) is 0 Å². The Morgan fingerprint density at radius 1 is 0.600 bits per heavy atom. The largest absolute Gasteiger partial charge is 0.497 e. The van der Waals surface area contributed by atoms with E-state index in [2.05, 4.69) is 6.92 Å². The van der Waals surface area contributed by atoms with Gasteiger partial charge in [0.1, 0.15) is 17.3 Å². The lowest BCUT2D eigenvalue weighted by molar-refractivity contribution is 0.414. The van der Waals surface area contributed by atoms with Gasteiger partial charge in [-0.1, -0.05) is 36.4 Å². The summed E-state index contributed by atoms with van der Waals surface area (Å²) in [6.07, 6.45) is 0. The van der Waals surface area contributed by atoms with Crippen LogP contribution in [0.15, 0.2) is 72.8 Å². The van der Waals surface area contributed by atoms with Crippen LogP contribution in [0.2, 0.25) is 0 Å². The van der Waals surface area contributed by atoms with E-state index in [-0.39, 0.29) is 5.82 Å². The van der Waals surface area contributed by atoms with Gasteiger partial charge < -0.3 is 9.47 Å². The molecule has 0 aliphatic heterocycles. The summed E-state index contributed by atoms with van der Waals surface area (Å²) in [7, 11) is 3.30. The van der Waals surface area contributed by atoms with E-state index in [0.29, 0.717) is 0 Å². The van der Waals surface area contributed by atoms with Gasteiger partial charge in [0.05, 0.1) is 14.2 Å². The van der Waals surface area contributed by atoms with Gasteiger partial charge in [0.25, 0.3) is 0 Å². The maximum Gasteiger partial charge on any atom is 0.123 e. The van der Waals surface area contributed by atoms with Crippen LogP contribution in [0.25, 0.3) is 0 Å². The molecule has 128 valence electrons. The van der Waals surface area contributed by atoms with Crippen LogP contribution in [0.1, 0.15) is 23.6 Å². The van der Waals surface area contributed by atoms with Gasteiger partial charge in [0.2, 0.25) is 0 Å². The van der Waals surface area contributed by atoms with Gasteiger partial charge in [-0.05, 0) is 60.0 Å². The zero-order chi connectivity index (χ0) is 17.9. The summed E-state index contributed by atoms with van der Waals surface area (Å²) in [5, 5.41) is 0. The molecule has 0 unspecified atom stereocenters. The van der Waals surface area contributed by atoms with Crippen LogP contribution in [0, 0.1) is 5.82 Å². The quantitative estimate of drug-likeness (QED) is 0.596. The Hall–Kier alpha value is -2.81. The molecule has 0 saturated carbocycles. The fourth-order valence-electron chi connectivity index (χ4n) is 3.13. The Bertz CT molecular complexity index is 774. The predicted molar refractivity (Wildman–Crippen MR) is 97.9 cm³/mol. The highest BCUT2D eigenvalue weighted by Gasteiger charge is 2.31. The maximum absolute atomic E-state index is 13.4. The zero-order valence-electron chi connectivity index (χ0n) is 14.6. The van der Waals surface area contributed by atoms with Crippen LogP contribution in [0.5, 0.6) is 11.5 Å². The molecule has 0 aliphatic rings. The highest BCUT2D eigenvalue weighted by atomic mass is 19.1. The van der Waals surface area contributed by atoms with Crippen molar-refractivity contribution in [1.29, 1.82) is 0 Å². The summed E-state index contributed by atoms with van der Waals surface area (Å²) in [5.41, 5.74) is 2.80. The molecule has 0 spiro atoms. The topological polar surface area (TPSA) is 18.5 Å². The van der Waals surface area contributed by atoms with E-state index in [0.717, 1.165) is 28.2 Å². The molecule has 0 heterocycles. The molecule has 3 aromatic rings. The molecule has 0 bridgehead atoms. The molecule has 3 aromatic carbocycles. The third-order valence-electron chi connectivity index (χ3n) is 4.76. The number of hydrogen-bond acceptors (Lipinski definition) is 2. The second-order valence-corrected chi connectivity index (χ2v) is 6.09. The lowest BCUT2D eigenvalue weighted by Gasteiger charge is -2.32. The van der Waals surface area contributed by atoms with Gasteiger partial charge in [-0.25, -0.2) is 4.39 Å². The minimum Gasteiger partial charge on any atom is -0.497 e. The molecular formula is C22H21FO2. The second kappa shape index (κ2) is 6.98. The Balaban J connectivity index is 2.16. The minimum atomic E-state index is -0.424. The normalized spacial score (nSPS) is 11.2. The van der Waals surface area contributed by atoms with Crippen molar-refractivity contribution in [3.05, 3.63) is 95.3 Å². The smallest absolute Gasteiger partial charge is 0.123 e. The highest BCUT2D eigenvalue weighted by molar-refractivity contribution is 5.51. The van der Waals surface area contributed by atoms with E-state index in [9.17, 15) is 4.39 Å². The number of benzene rings is 3. The van der Waals surface area contributed by atoms with E-state index < -0.39 is 5.41 Å². The molecule has 25 heavy (non-hydrogen) atoms. The van der Waals surface area contributed by atoms with Crippen molar-refractivity contribution in [2.75, 3.05) is 14.2 Å². The van der Waals surface area contributed by atoms with Crippen LogP contribution in [-0.4, -0.2) is 14.2 Å². The molecular weight excluding hydrogens is 315 g/mol. The summed E-state index contributed by atoms with van der Waals surface area (Å²) < 4.78 is 24.0. The van der Waals surface area contributed by atoms with E-state index in [1.165, 1.54) is 12.1 Å².